The highest BCUT2D eigenvalue weighted by molar-refractivity contribution is 6.32. The highest BCUT2D eigenvalue weighted by atomic mass is 35.5. The van der Waals surface area contributed by atoms with Crippen molar-refractivity contribution < 1.29 is 17.6 Å². The lowest BCUT2D eigenvalue weighted by Gasteiger charge is -2.12. The fourth-order valence-electron chi connectivity index (χ4n) is 2.81. The molecule has 1 aliphatic heterocycles. The van der Waals surface area contributed by atoms with E-state index in [2.05, 4.69) is 10.4 Å². The lowest BCUT2D eigenvalue weighted by atomic mass is 10.1. The van der Waals surface area contributed by atoms with Crippen molar-refractivity contribution in [1.82, 2.24) is 9.78 Å². The number of hydrogen-bond acceptors (Lipinski definition) is 3. The molecule has 0 spiro atoms. The topological polar surface area (TPSA) is 43.0 Å². The summed E-state index contributed by atoms with van der Waals surface area (Å²) in [5, 5.41) is 7.78. The van der Waals surface area contributed by atoms with E-state index in [0.29, 0.717) is 30.2 Å². The van der Waals surface area contributed by atoms with E-state index in [1.54, 1.807) is 12.1 Å². The van der Waals surface area contributed by atoms with Gasteiger partial charge in [0.15, 0.2) is 5.76 Å². The Morgan fingerprint density at radius 1 is 1.25 bits per heavy atom. The first kappa shape index (κ1) is 15.1. The van der Waals surface area contributed by atoms with Crippen LogP contribution in [0.15, 0.2) is 41.0 Å². The van der Waals surface area contributed by atoms with E-state index < -0.39 is 11.7 Å². The van der Waals surface area contributed by atoms with Crippen LogP contribution >= 0.6 is 11.6 Å². The number of aromatic nitrogens is 2. The molecule has 4 nitrogen and oxygen atoms in total. The molecule has 0 radical (unpaired) electrons. The molecule has 0 bridgehead atoms. The van der Waals surface area contributed by atoms with E-state index in [1.165, 1.54) is 17.0 Å². The maximum absolute atomic E-state index is 13.0. The first-order valence-electron chi connectivity index (χ1n) is 7.22. The second-order valence-electron chi connectivity index (χ2n) is 5.41. The number of nitrogens with zero attached hydrogens (tertiary/aromatic N) is 2. The minimum absolute atomic E-state index is 0.176. The van der Waals surface area contributed by atoms with Crippen molar-refractivity contribution in [1.29, 1.82) is 0 Å². The Bertz CT molecular complexity index is 900. The summed E-state index contributed by atoms with van der Waals surface area (Å²) in [6.07, 6.45) is -2.21. The summed E-state index contributed by atoms with van der Waals surface area (Å²) < 4.78 is 45.8. The average molecular weight is 354 g/mol. The van der Waals surface area contributed by atoms with Gasteiger partial charge in [-0.1, -0.05) is 11.6 Å². The number of anilines is 1. The summed E-state index contributed by atoms with van der Waals surface area (Å²) >= 11 is 6.14. The molecule has 4 rings (SSSR count). The molecular formula is C16H11ClF3N3O. The highest BCUT2D eigenvalue weighted by Gasteiger charge is 2.32. The van der Waals surface area contributed by atoms with Gasteiger partial charge in [0.1, 0.15) is 11.5 Å². The summed E-state index contributed by atoms with van der Waals surface area (Å²) in [7, 11) is 0. The molecule has 0 unspecified atom stereocenters. The molecule has 1 aromatic carbocycles. The van der Waals surface area contributed by atoms with Crippen molar-refractivity contribution in [3.05, 3.63) is 52.7 Å². The number of hydrogen-bond donors (Lipinski definition) is 1. The number of nitrogens with one attached hydrogen (secondary N) is 1. The minimum Gasteiger partial charge on any atom is -0.463 e. The van der Waals surface area contributed by atoms with Gasteiger partial charge >= 0.3 is 6.18 Å². The maximum atomic E-state index is 13.0. The van der Waals surface area contributed by atoms with Crippen LogP contribution in [0.3, 0.4) is 0 Å². The molecule has 2 aromatic heterocycles. The zero-order valence-electron chi connectivity index (χ0n) is 12.2. The van der Waals surface area contributed by atoms with Gasteiger partial charge in [-0.3, -0.25) is 0 Å². The summed E-state index contributed by atoms with van der Waals surface area (Å²) in [4.78, 5) is 0. The van der Waals surface area contributed by atoms with Crippen LogP contribution < -0.4 is 5.32 Å². The fraction of sp³-hybridized carbons (Fsp3) is 0.188. The predicted octanol–water partition coefficient (Wildman–Crippen LogP) is 4.77. The summed E-state index contributed by atoms with van der Waals surface area (Å²) in [5.41, 5.74) is 0.908. The molecular weight excluding hydrogens is 343 g/mol. The minimum atomic E-state index is -4.45. The third kappa shape index (κ3) is 2.36. The molecule has 1 N–H and O–H groups in total. The third-order valence-electron chi connectivity index (χ3n) is 3.91. The number of fused-ring (bicyclic) bond motifs is 1. The molecule has 0 saturated heterocycles. The SMILES string of the molecule is FC(F)(F)c1ccc(Cl)c(-n2nc(-c3ccco3)c3c2NCC3)c1. The van der Waals surface area contributed by atoms with Gasteiger partial charge in [0, 0.05) is 12.1 Å². The number of rotatable bonds is 2. The van der Waals surface area contributed by atoms with Gasteiger partial charge in [0.05, 0.1) is 22.5 Å². The van der Waals surface area contributed by atoms with Gasteiger partial charge in [0.2, 0.25) is 0 Å². The normalized spacial score (nSPS) is 13.8. The van der Waals surface area contributed by atoms with Crippen molar-refractivity contribution in [3.8, 4) is 17.1 Å². The van der Waals surface area contributed by atoms with Gasteiger partial charge < -0.3 is 9.73 Å². The maximum Gasteiger partial charge on any atom is 0.416 e. The number of alkyl halides is 3. The Balaban J connectivity index is 1.91. The van der Waals surface area contributed by atoms with E-state index in [9.17, 15) is 13.2 Å². The standard InChI is InChI=1S/C16H11ClF3N3O/c17-11-4-3-9(16(18,19)20)8-12(11)23-15-10(5-6-21-15)14(22-23)13-2-1-7-24-13/h1-4,7-8,21H,5-6H2. The number of halogens is 4. The predicted molar refractivity (Wildman–Crippen MR) is 83.5 cm³/mol. The molecule has 3 heterocycles. The van der Waals surface area contributed by atoms with Gasteiger partial charge in [0.25, 0.3) is 0 Å². The molecule has 24 heavy (non-hydrogen) atoms. The lowest BCUT2D eigenvalue weighted by molar-refractivity contribution is -0.137. The van der Waals surface area contributed by atoms with Crippen molar-refractivity contribution in [2.75, 3.05) is 11.9 Å². The van der Waals surface area contributed by atoms with Crippen LogP contribution in [-0.2, 0) is 12.6 Å². The third-order valence-corrected chi connectivity index (χ3v) is 4.23. The largest absolute Gasteiger partial charge is 0.463 e. The Hall–Kier alpha value is -2.41. The van der Waals surface area contributed by atoms with E-state index in [4.69, 9.17) is 16.0 Å². The van der Waals surface area contributed by atoms with Crippen LogP contribution in [0.5, 0.6) is 0 Å². The second kappa shape index (κ2) is 5.31. The Morgan fingerprint density at radius 2 is 2.08 bits per heavy atom. The average Bonchev–Trinajstić information content (AvgIpc) is 3.24. The summed E-state index contributed by atoms with van der Waals surface area (Å²) in [6.45, 7) is 0.678. The zero-order valence-corrected chi connectivity index (χ0v) is 12.9. The van der Waals surface area contributed by atoms with E-state index >= 15 is 0 Å². The van der Waals surface area contributed by atoms with Crippen LogP contribution in [-0.4, -0.2) is 16.3 Å². The monoisotopic (exact) mass is 353 g/mol. The molecule has 3 aromatic rings. The molecule has 0 amide bonds. The van der Waals surface area contributed by atoms with Crippen LogP contribution in [0.4, 0.5) is 19.0 Å². The summed E-state index contributed by atoms with van der Waals surface area (Å²) in [5.74, 6) is 1.21. The molecule has 0 atom stereocenters. The Labute approximate surface area is 139 Å². The van der Waals surface area contributed by atoms with Crippen molar-refractivity contribution >= 4 is 17.4 Å². The molecule has 124 valence electrons. The van der Waals surface area contributed by atoms with Crippen molar-refractivity contribution in [2.24, 2.45) is 0 Å². The van der Waals surface area contributed by atoms with Crippen molar-refractivity contribution in [2.45, 2.75) is 12.6 Å². The van der Waals surface area contributed by atoms with Gasteiger partial charge in [-0.05, 0) is 36.8 Å². The molecule has 1 aliphatic rings. The Morgan fingerprint density at radius 3 is 2.79 bits per heavy atom. The molecule has 0 fully saturated rings. The van der Waals surface area contributed by atoms with Gasteiger partial charge in [-0.2, -0.15) is 18.3 Å². The van der Waals surface area contributed by atoms with Gasteiger partial charge in [-0.15, -0.1) is 0 Å². The lowest BCUT2D eigenvalue weighted by Crippen LogP contribution is -2.09. The fourth-order valence-corrected chi connectivity index (χ4v) is 3.01. The van der Waals surface area contributed by atoms with E-state index in [1.807, 2.05) is 0 Å². The highest BCUT2D eigenvalue weighted by Crippen LogP contribution is 2.38. The summed E-state index contributed by atoms with van der Waals surface area (Å²) in [6, 6.07) is 6.69. The quantitative estimate of drug-likeness (QED) is 0.721. The van der Waals surface area contributed by atoms with E-state index in [-0.39, 0.29) is 10.7 Å². The smallest absolute Gasteiger partial charge is 0.416 e. The van der Waals surface area contributed by atoms with Crippen LogP contribution in [0.1, 0.15) is 11.1 Å². The van der Waals surface area contributed by atoms with Gasteiger partial charge in [-0.25, -0.2) is 4.68 Å². The molecule has 0 aliphatic carbocycles. The zero-order chi connectivity index (χ0) is 16.9. The second-order valence-corrected chi connectivity index (χ2v) is 5.81. The first-order valence-corrected chi connectivity index (χ1v) is 7.60. The Kier molecular flexibility index (Phi) is 3.35. The number of benzene rings is 1. The first-order chi connectivity index (χ1) is 11.4. The van der Waals surface area contributed by atoms with Crippen LogP contribution in [0.2, 0.25) is 5.02 Å². The van der Waals surface area contributed by atoms with Crippen LogP contribution in [0.25, 0.3) is 17.1 Å². The molecule has 8 heteroatoms. The van der Waals surface area contributed by atoms with E-state index in [0.717, 1.165) is 17.7 Å². The van der Waals surface area contributed by atoms with Crippen molar-refractivity contribution in [3.63, 3.8) is 0 Å². The van der Waals surface area contributed by atoms with Crippen LogP contribution in [0, 0.1) is 0 Å². The molecule has 0 saturated carbocycles. The number of furan rings is 1.